The van der Waals surface area contributed by atoms with Gasteiger partial charge in [-0.3, -0.25) is 9.69 Å². The number of nitrogens with two attached hydrogens (primary N) is 1. The van der Waals surface area contributed by atoms with Gasteiger partial charge < -0.3 is 15.8 Å². The fourth-order valence-electron chi connectivity index (χ4n) is 3.08. The van der Waals surface area contributed by atoms with Crippen molar-refractivity contribution in [1.82, 2.24) is 10.2 Å². The van der Waals surface area contributed by atoms with Gasteiger partial charge in [-0.15, -0.1) is 11.3 Å². The number of carbonyl (C=O) groups excluding carboxylic acids is 1. The summed E-state index contributed by atoms with van der Waals surface area (Å²) >= 11 is 1.73. The summed E-state index contributed by atoms with van der Waals surface area (Å²) < 4.78 is 5.45. The molecule has 1 saturated heterocycles. The van der Waals surface area contributed by atoms with Gasteiger partial charge in [0.25, 0.3) is 0 Å². The first-order chi connectivity index (χ1) is 12.2. The molecule has 0 radical (unpaired) electrons. The molecule has 1 aliphatic rings. The van der Waals surface area contributed by atoms with Crippen molar-refractivity contribution in [3.63, 3.8) is 0 Å². The summed E-state index contributed by atoms with van der Waals surface area (Å²) in [6, 6.07) is 13.9. The van der Waals surface area contributed by atoms with E-state index >= 15 is 0 Å². The molecule has 6 heteroatoms. The van der Waals surface area contributed by atoms with Gasteiger partial charge in [0, 0.05) is 37.0 Å². The zero-order chi connectivity index (χ0) is 17.5. The van der Waals surface area contributed by atoms with Gasteiger partial charge in [-0.25, -0.2) is 0 Å². The van der Waals surface area contributed by atoms with Crippen LogP contribution in [0.3, 0.4) is 0 Å². The molecule has 1 aromatic heterocycles. The first-order valence-electron chi connectivity index (χ1n) is 8.66. The number of rotatable bonds is 7. The first-order valence-corrected chi connectivity index (χ1v) is 9.54. The summed E-state index contributed by atoms with van der Waals surface area (Å²) in [5.74, 6) is -0.00818. The third kappa shape index (κ3) is 5.12. The highest BCUT2D eigenvalue weighted by molar-refractivity contribution is 7.10. The number of benzene rings is 1. The van der Waals surface area contributed by atoms with Gasteiger partial charge in [0.15, 0.2) is 0 Å². The quantitative estimate of drug-likeness (QED) is 0.796. The van der Waals surface area contributed by atoms with Crippen LogP contribution < -0.4 is 11.1 Å². The molecule has 25 heavy (non-hydrogen) atoms. The Kier molecular flexibility index (Phi) is 6.58. The molecule has 2 aromatic rings. The summed E-state index contributed by atoms with van der Waals surface area (Å²) in [6.45, 7) is 3.87. The van der Waals surface area contributed by atoms with Crippen molar-refractivity contribution in [1.29, 1.82) is 0 Å². The highest BCUT2D eigenvalue weighted by atomic mass is 32.1. The Bertz CT molecular complexity index is 642. The van der Waals surface area contributed by atoms with E-state index in [0.29, 0.717) is 13.0 Å². The monoisotopic (exact) mass is 359 g/mol. The van der Waals surface area contributed by atoms with Crippen LogP contribution in [0.4, 0.5) is 0 Å². The number of hydrogen-bond acceptors (Lipinski definition) is 5. The van der Waals surface area contributed by atoms with Gasteiger partial charge in [0.2, 0.25) is 5.91 Å². The molecule has 1 aromatic carbocycles. The number of amides is 1. The van der Waals surface area contributed by atoms with Crippen LogP contribution in [-0.4, -0.2) is 43.7 Å². The Morgan fingerprint density at radius 1 is 1.20 bits per heavy atom. The van der Waals surface area contributed by atoms with Crippen LogP contribution >= 0.6 is 11.3 Å². The lowest BCUT2D eigenvalue weighted by Gasteiger charge is -2.34. The molecule has 3 rings (SSSR count). The molecule has 1 aliphatic heterocycles. The van der Waals surface area contributed by atoms with Crippen LogP contribution in [0.5, 0.6) is 0 Å². The maximum atomic E-state index is 12.4. The van der Waals surface area contributed by atoms with Crippen molar-refractivity contribution >= 4 is 17.2 Å². The van der Waals surface area contributed by atoms with Crippen molar-refractivity contribution in [2.75, 3.05) is 32.8 Å². The van der Waals surface area contributed by atoms with Crippen molar-refractivity contribution in [3.8, 4) is 0 Å². The van der Waals surface area contributed by atoms with Crippen molar-refractivity contribution in [2.45, 2.75) is 18.5 Å². The predicted molar refractivity (Wildman–Crippen MR) is 100 cm³/mol. The third-order valence-corrected chi connectivity index (χ3v) is 5.46. The predicted octanol–water partition coefficient (Wildman–Crippen LogP) is 2.33. The lowest BCUT2D eigenvalue weighted by Crippen LogP contribution is -2.43. The number of carbonyl (C=O) groups is 1. The molecular formula is C19H25N3O2S. The third-order valence-electron chi connectivity index (χ3n) is 4.48. The fraction of sp³-hybridized carbons (Fsp3) is 0.421. The summed E-state index contributed by atoms with van der Waals surface area (Å²) in [5, 5.41) is 5.15. The minimum atomic E-state index is -0.273. The Balaban J connectivity index is 1.56. The SMILES string of the molecule is NC(CC(=O)NCC(c1cccs1)N1CCOCC1)c1ccccc1. The molecule has 2 heterocycles. The average Bonchev–Trinajstić information content (AvgIpc) is 3.18. The van der Waals surface area contributed by atoms with Crippen LogP contribution in [-0.2, 0) is 9.53 Å². The van der Waals surface area contributed by atoms with E-state index in [2.05, 4.69) is 27.7 Å². The lowest BCUT2D eigenvalue weighted by atomic mass is 10.0. The standard InChI is InChI=1S/C19H25N3O2S/c20-16(15-5-2-1-3-6-15)13-19(23)21-14-17(18-7-4-12-25-18)22-8-10-24-11-9-22/h1-7,12,16-17H,8-11,13-14,20H2,(H,21,23). The van der Waals surface area contributed by atoms with Crippen LogP contribution in [0, 0.1) is 0 Å². The Morgan fingerprint density at radius 3 is 2.64 bits per heavy atom. The van der Waals surface area contributed by atoms with Crippen LogP contribution in [0.2, 0.25) is 0 Å². The van der Waals surface area contributed by atoms with E-state index in [1.807, 2.05) is 30.3 Å². The van der Waals surface area contributed by atoms with E-state index in [1.165, 1.54) is 4.88 Å². The molecule has 3 N–H and O–H groups in total. The van der Waals surface area contributed by atoms with Gasteiger partial charge in [0.1, 0.15) is 0 Å². The van der Waals surface area contributed by atoms with Crippen molar-refractivity contribution < 1.29 is 9.53 Å². The first kappa shape index (κ1) is 18.1. The number of thiophene rings is 1. The molecule has 2 atom stereocenters. The number of hydrogen-bond donors (Lipinski definition) is 2. The fourth-order valence-corrected chi connectivity index (χ4v) is 3.94. The van der Waals surface area contributed by atoms with Gasteiger partial charge in [-0.05, 0) is 17.0 Å². The summed E-state index contributed by atoms with van der Waals surface area (Å²) in [5.41, 5.74) is 7.14. The Morgan fingerprint density at radius 2 is 1.96 bits per heavy atom. The second-order valence-corrected chi connectivity index (χ2v) is 7.18. The van der Waals surface area contributed by atoms with Crippen LogP contribution in [0.1, 0.15) is 28.9 Å². The highest BCUT2D eigenvalue weighted by Crippen LogP contribution is 2.25. The largest absolute Gasteiger partial charge is 0.379 e. The van der Waals surface area contributed by atoms with Crippen molar-refractivity contribution in [3.05, 3.63) is 58.3 Å². The molecule has 134 valence electrons. The topological polar surface area (TPSA) is 67.6 Å². The van der Waals surface area contributed by atoms with Gasteiger partial charge in [-0.1, -0.05) is 36.4 Å². The molecule has 0 aliphatic carbocycles. The molecule has 1 fully saturated rings. The molecule has 0 spiro atoms. The molecule has 2 unspecified atom stereocenters. The lowest BCUT2D eigenvalue weighted by molar-refractivity contribution is -0.121. The minimum absolute atomic E-state index is 0.00818. The second kappa shape index (κ2) is 9.10. The van der Waals surface area contributed by atoms with E-state index in [4.69, 9.17) is 10.5 Å². The van der Waals surface area contributed by atoms with Gasteiger partial charge in [-0.2, -0.15) is 0 Å². The summed E-state index contributed by atoms with van der Waals surface area (Å²) in [7, 11) is 0. The molecular weight excluding hydrogens is 334 g/mol. The van der Waals surface area contributed by atoms with Crippen LogP contribution in [0.25, 0.3) is 0 Å². The number of nitrogens with zero attached hydrogens (tertiary/aromatic N) is 1. The molecule has 0 bridgehead atoms. The van der Waals surface area contributed by atoms with Crippen LogP contribution in [0.15, 0.2) is 47.8 Å². The van der Waals surface area contributed by atoms with Gasteiger partial charge in [0.05, 0.1) is 19.3 Å². The zero-order valence-corrected chi connectivity index (χ0v) is 15.1. The normalized spacial score (nSPS) is 17.8. The van der Waals surface area contributed by atoms with E-state index in [0.717, 1.165) is 31.9 Å². The average molecular weight is 359 g/mol. The molecule has 5 nitrogen and oxygen atoms in total. The number of ether oxygens (including phenoxy) is 1. The molecule has 1 amide bonds. The number of nitrogens with one attached hydrogen (secondary N) is 1. The highest BCUT2D eigenvalue weighted by Gasteiger charge is 2.24. The smallest absolute Gasteiger partial charge is 0.221 e. The van der Waals surface area contributed by atoms with E-state index in [9.17, 15) is 4.79 Å². The van der Waals surface area contributed by atoms with Crippen molar-refractivity contribution in [2.24, 2.45) is 5.73 Å². The maximum Gasteiger partial charge on any atom is 0.221 e. The Labute approximate surface area is 152 Å². The second-order valence-electron chi connectivity index (χ2n) is 6.20. The summed E-state index contributed by atoms with van der Waals surface area (Å²) in [6.07, 6.45) is 0.296. The van der Waals surface area contributed by atoms with E-state index in [-0.39, 0.29) is 18.0 Å². The zero-order valence-electron chi connectivity index (χ0n) is 14.3. The van der Waals surface area contributed by atoms with E-state index < -0.39 is 0 Å². The summed E-state index contributed by atoms with van der Waals surface area (Å²) in [4.78, 5) is 16.0. The number of morpholine rings is 1. The minimum Gasteiger partial charge on any atom is -0.379 e. The maximum absolute atomic E-state index is 12.4. The molecule has 0 saturated carbocycles. The van der Waals surface area contributed by atoms with E-state index in [1.54, 1.807) is 11.3 Å². The van der Waals surface area contributed by atoms with Gasteiger partial charge >= 0.3 is 0 Å². The Hall–Kier alpha value is -1.73.